The highest BCUT2D eigenvalue weighted by atomic mass is 16.6. The molecule has 1 spiro atoms. The van der Waals surface area contributed by atoms with Crippen molar-refractivity contribution in [1.82, 2.24) is 20.1 Å². The van der Waals surface area contributed by atoms with Crippen LogP contribution in [0.3, 0.4) is 0 Å². The molecule has 0 saturated carbocycles. The highest BCUT2D eigenvalue weighted by Crippen LogP contribution is 2.35. The highest BCUT2D eigenvalue weighted by Gasteiger charge is 2.41. The van der Waals surface area contributed by atoms with Gasteiger partial charge in [0.25, 0.3) is 0 Å². The molecule has 0 radical (unpaired) electrons. The Bertz CT molecular complexity index is 415. The smallest absolute Gasteiger partial charge is 0.152 e. The van der Waals surface area contributed by atoms with E-state index in [4.69, 9.17) is 9.47 Å². The maximum Gasteiger partial charge on any atom is 0.152 e. The Morgan fingerprint density at radius 2 is 2.37 bits per heavy atom. The summed E-state index contributed by atoms with van der Waals surface area (Å²) in [6.45, 7) is 6.22. The lowest BCUT2D eigenvalue weighted by Gasteiger charge is -2.32. The van der Waals surface area contributed by atoms with E-state index in [1.54, 1.807) is 6.33 Å². The number of aromatic nitrogens is 3. The van der Waals surface area contributed by atoms with E-state index in [1.807, 2.05) is 4.68 Å². The van der Waals surface area contributed by atoms with E-state index in [-0.39, 0.29) is 11.7 Å². The summed E-state index contributed by atoms with van der Waals surface area (Å²) < 4.78 is 13.8. The fourth-order valence-electron chi connectivity index (χ4n) is 3.00. The molecule has 0 aliphatic carbocycles. The number of ether oxygens (including phenoxy) is 2. The average molecular weight is 266 g/mol. The normalized spacial score (nSPS) is 26.1. The van der Waals surface area contributed by atoms with Crippen molar-refractivity contribution in [3.63, 3.8) is 0 Å². The number of nitrogens with one attached hydrogen (secondary N) is 1. The van der Waals surface area contributed by atoms with Gasteiger partial charge in [-0.3, -0.25) is 0 Å². The molecule has 1 N–H and O–H groups in total. The third-order valence-electron chi connectivity index (χ3n) is 4.13. The molecule has 3 rings (SSSR count). The minimum absolute atomic E-state index is 0.0638. The van der Waals surface area contributed by atoms with E-state index in [1.165, 1.54) is 0 Å². The van der Waals surface area contributed by atoms with Crippen LogP contribution < -0.4 is 5.32 Å². The molecule has 19 heavy (non-hydrogen) atoms. The van der Waals surface area contributed by atoms with Gasteiger partial charge in [0, 0.05) is 13.0 Å². The van der Waals surface area contributed by atoms with Crippen LogP contribution in [-0.4, -0.2) is 46.2 Å². The maximum atomic E-state index is 6.01. The number of hydrogen-bond acceptors (Lipinski definition) is 5. The molecule has 1 atom stereocenters. The summed E-state index contributed by atoms with van der Waals surface area (Å²) in [6, 6.07) is 0. The molecule has 6 nitrogen and oxygen atoms in total. The molecule has 106 valence electrons. The van der Waals surface area contributed by atoms with Crippen LogP contribution in [0.15, 0.2) is 6.33 Å². The van der Waals surface area contributed by atoms with Crippen LogP contribution in [0.25, 0.3) is 0 Å². The first-order chi connectivity index (χ1) is 9.31. The Balaban J connectivity index is 1.52. The zero-order chi connectivity index (χ0) is 13.1. The molecule has 1 unspecified atom stereocenters. The van der Waals surface area contributed by atoms with Crippen LogP contribution in [0.4, 0.5) is 0 Å². The fourth-order valence-corrected chi connectivity index (χ4v) is 3.00. The first kappa shape index (κ1) is 13.0. The van der Waals surface area contributed by atoms with Crippen molar-refractivity contribution in [2.45, 2.75) is 51.0 Å². The van der Waals surface area contributed by atoms with Crippen molar-refractivity contribution in [3.8, 4) is 0 Å². The first-order valence-corrected chi connectivity index (χ1v) is 7.14. The van der Waals surface area contributed by atoms with Gasteiger partial charge in [0.15, 0.2) is 5.82 Å². The quantitative estimate of drug-likeness (QED) is 0.870. The molecule has 1 aromatic heterocycles. The highest BCUT2D eigenvalue weighted by molar-refractivity contribution is 4.93. The molecule has 0 bridgehead atoms. The van der Waals surface area contributed by atoms with E-state index in [0.29, 0.717) is 13.2 Å². The largest absolute Gasteiger partial charge is 0.372 e. The Hall–Kier alpha value is -0.980. The van der Waals surface area contributed by atoms with E-state index >= 15 is 0 Å². The van der Waals surface area contributed by atoms with Gasteiger partial charge in [0.05, 0.1) is 18.3 Å². The lowest BCUT2D eigenvalue weighted by molar-refractivity contribution is -0.0244. The third kappa shape index (κ3) is 2.80. The Morgan fingerprint density at radius 3 is 3.16 bits per heavy atom. The fraction of sp³-hybridized carbons (Fsp3) is 0.846. The second-order valence-corrected chi connectivity index (χ2v) is 5.37. The van der Waals surface area contributed by atoms with Gasteiger partial charge in [0.1, 0.15) is 12.9 Å². The molecule has 3 heterocycles. The molecule has 0 aromatic carbocycles. The Morgan fingerprint density at radius 1 is 1.53 bits per heavy atom. The van der Waals surface area contributed by atoms with Crippen LogP contribution in [0.1, 0.15) is 32.0 Å². The second kappa shape index (κ2) is 5.56. The van der Waals surface area contributed by atoms with Crippen LogP contribution in [0.2, 0.25) is 0 Å². The maximum absolute atomic E-state index is 6.01. The number of rotatable bonds is 4. The van der Waals surface area contributed by atoms with E-state index in [9.17, 15) is 0 Å². The SMILES string of the molecule is CCn1ncnc1COC1COC2(CCNCC2)C1. The Kier molecular flexibility index (Phi) is 3.81. The van der Waals surface area contributed by atoms with E-state index in [0.717, 1.165) is 44.7 Å². The van der Waals surface area contributed by atoms with Crippen molar-refractivity contribution in [1.29, 1.82) is 0 Å². The molecular formula is C13H22N4O2. The van der Waals surface area contributed by atoms with Crippen molar-refractivity contribution >= 4 is 0 Å². The molecule has 0 amide bonds. The van der Waals surface area contributed by atoms with Crippen molar-refractivity contribution in [3.05, 3.63) is 12.2 Å². The molecule has 2 fully saturated rings. The summed E-state index contributed by atoms with van der Waals surface area (Å²) in [6.07, 6.45) is 4.98. The molecule has 2 saturated heterocycles. The molecule has 2 aliphatic heterocycles. The summed E-state index contributed by atoms with van der Waals surface area (Å²) >= 11 is 0. The zero-order valence-corrected chi connectivity index (χ0v) is 11.5. The number of hydrogen-bond donors (Lipinski definition) is 1. The predicted octanol–water partition coefficient (Wildman–Crippen LogP) is 0.726. The van der Waals surface area contributed by atoms with Crippen molar-refractivity contribution < 1.29 is 9.47 Å². The van der Waals surface area contributed by atoms with Crippen molar-refractivity contribution in [2.24, 2.45) is 0 Å². The van der Waals surface area contributed by atoms with Gasteiger partial charge in [0.2, 0.25) is 0 Å². The van der Waals surface area contributed by atoms with Crippen LogP contribution in [0.5, 0.6) is 0 Å². The topological polar surface area (TPSA) is 61.2 Å². The minimum atomic E-state index is 0.0638. The first-order valence-electron chi connectivity index (χ1n) is 7.14. The Labute approximate surface area is 113 Å². The summed E-state index contributed by atoms with van der Waals surface area (Å²) in [7, 11) is 0. The standard InChI is InChI=1S/C13H22N4O2/c1-2-17-12(15-10-16-17)9-18-11-7-13(19-8-11)3-5-14-6-4-13/h10-11,14H,2-9H2,1H3. The van der Waals surface area contributed by atoms with E-state index < -0.39 is 0 Å². The number of piperidine rings is 1. The molecule has 6 heteroatoms. The average Bonchev–Trinajstić information content (AvgIpc) is 3.04. The summed E-state index contributed by atoms with van der Waals surface area (Å²) in [5.74, 6) is 0.897. The minimum Gasteiger partial charge on any atom is -0.372 e. The van der Waals surface area contributed by atoms with Crippen molar-refractivity contribution in [2.75, 3.05) is 19.7 Å². The van der Waals surface area contributed by atoms with Gasteiger partial charge in [-0.05, 0) is 32.9 Å². The lowest BCUT2D eigenvalue weighted by Crippen LogP contribution is -2.41. The van der Waals surface area contributed by atoms with Crippen LogP contribution >= 0.6 is 0 Å². The van der Waals surface area contributed by atoms with Gasteiger partial charge in [-0.1, -0.05) is 0 Å². The second-order valence-electron chi connectivity index (χ2n) is 5.37. The van der Waals surface area contributed by atoms with Gasteiger partial charge in [-0.15, -0.1) is 0 Å². The van der Waals surface area contributed by atoms with Gasteiger partial charge >= 0.3 is 0 Å². The van der Waals surface area contributed by atoms with Gasteiger partial charge in [-0.2, -0.15) is 5.10 Å². The summed E-state index contributed by atoms with van der Waals surface area (Å²) in [4.78, 5) is 4.23. The number of nitrogens with zero attached hydrogens (tertiary/aromatic N) is 3. The van der Waals surface area contributed by atoms with Crippen LogP contribution in [0, 0.1) is 0 Å². The lowest BCUT2D eigenvalue weighted by atomic mass is 9.89. The molecule has 2 aliphatic rings. The van der Waals surface area contributed by atoms with E-state index in [2.05, 4.69) is 22.3 Å². The third-order valence-corrected chi connectivity index (χ3v) is 4.13. The van der Waals surface area contributed by atoms with Gasteiger partial charge < -0.3 is 14.8 Å². The monoisotopic (exact) mass is 266 g/mol. The summed E-state index contributed by atoms with van der Waals surface area (Å²) in [5, 5.41) is 7.53. The molecule has 1 aromatic rings. The van der Waals surface area contributed by atoms with Gasteiger partial charge in [-0.25, -0.2) is 9.67 Å². The predicted molar refractivity (Wildman–Crippen MR) is 69.7 cm³/mol. The molecular weight excluding hydrogens is 244 g/mol. The zero-order valence-electron chi connectivity index (χ0n) is 11.5. The van der Waals surface area contributed by atoms with Crippen LogP contribution in [-0.2, 0) is 22.6 Å². The number of aryl methyl sites for hydroxylation is 1. The summed E-state index contributed by atoms with van der Waals surface area (Å²) in [5.41, 5.74) is 0.0638.